The van der Waals surface area contributed by atoms with Crippen LogP contribution in [0.2, 0.25) is 0 Å². The van der Waals surface area contributed by atoms with Crippen LogP contribution in [0.4, 0.5) is 5.69 Å². The number of thiocarbonyl (C=S) groups is 1. The highest BCUT2D eigenvalue weighted by molar-refractivity contribution is 7.80. The van der Waals surface area contributed by atoms with Crippen LogP contribution in [0.1, 0.15) is 51.4 Å². The number of nitrogens with one attached hydrogen (secondary N) is 1. The van der Waals surface area contributed by atoms with E-state index in [0.717, 1.165) is 28.4 Å². The van der Waals surface area contributed by atoms with Crippen LogP contribution in [0.15, 0.2) is 97.2 Å². The molecule has 1 aliphatic heterocycles. The lowest BCUT2D eigenvalue weighted by Gasteiger charge is -2.28. The summed E-state index contributed by atoms with van der Waals surface area (Å²) in [5.74, 6) is 1.64. The standard InChI is InChI=1S/C35H34N4OS/c1-22-18-23(2)20-28(19-22)38-25(4)21-30(26(38)5)34-33(31-11-8-9-17-36-31)37-35(41)39(34)27-13-15-29(16-14-27)40-32-12-7-6-10-24(32)3/h6-21,33-34H,1-5H3,(H,37,41)/t33-,34-/m1/s1. The fourth-order valence-corrected chi connectivity index (χ4v) is 6.33. The van der Waals surface area contributed by atoms with Crippen molar-refractivity contribution in [3.8, 4) is 17.2 Å². The Bertz CT molecular complexity index is 1710. The van der Waals surface area contributed by atoms with Gasteiger partial charge in [0.25, 0.3) is 0 Å². The zero-order chi connectivity index (χ0) is 28.7. The van der Waals surface area contributed by atoms with Crippen molar-refractivity contribution >= 4 is 23.0 Å². The van der Waals surface area contributed by atoms with Gasteiger partial charge in [0.2, 0.25) is 0 Å². The molecule has 1 fully saturated rings. The number of pyridine rings is 1. The minimum Gasteiger partial charge on any atom is -0.457 e. The third-order valence-corrected chi connectivity index (χ3v) is 8.10. The van der Waals surface area contributed by atoms with Gasteiger partial charge in [0.05, 0.1) is 17.8 Å². The number of ether oxygens (including phenoxy) is 1. The minimum absolute atomic E-state index is 0.0913. The molecule has 2 atom stereocenters. The molecule has 0 radical (unpaired) electrons. The Balaban J connectivity index is 1.42. The third kappa shape index (κ3) is 5.11. The quantitative estimate of drug-likeness (QED) is 0.212. The van der Waals surface area contributed by atoms with E-state index in [9.17, 15) is 0 Å². The first-order valence-corrected chi connectivity index (χ1v) is 14.3. The molecule has 0 unspecified atom stereocenters. The summed E-state index contributed by atoms with van der Waals surface area (Å²) in [4.78, 5) is 6.95. The molecule has 6 heteroatoms. The molecule has 206 valence electrons. The number of anilines is 1. The first-order valence-electron chi connectivity index (χ1n) is 13.9. The van der Waals surface area contributed by atoms with E-state index >= 15 is 0 Å². The van der Waals surface area contributed by atoms with Gasteiger partial charge in [0.15, 0.2) is 5.11 Å². The molecule has 0 amide bonds. The van der Waals surface area contributed by atoms with Gasteiger partial charge >= 0.3 is 0 Å². The Morgan fingerprint density at radius 1 is 0.780 bits per heavy atom. The fraction of sp³-hybridized carbons (Fsp3) is 0.200. The molecule has 0 aliphatic carbocycles. The Morgan fingerprint density at radius 3 is 2.17 bits per heavy atom. The average Bonchev–Trinajstić information content (AvgIpc) is 3.45. The van der Waals surface area contributed by atoms with Gasteiger partial charge in [-0.3, -0.25) is 4.98 Å². The maximum atomic E-state index is 6.18. The maximum Gasteiger partial charge on any atom is 0.174 e. The number of hydrogen-bond donors (Lipinski definition) is 1. The molecule has 3 aromatic carbocycles. The van der Waals surface area contributed by atoms with E-state index in [1.54, 1.807) is 0 Å². The Labute approximate surface area is 247 Å². The molecule has 41 heavy (non-hydrogen) atoms. The van der Waals surface area contributed by atoms with Crippen LogP contribution in [-0.2, 0) is 0 Å². The van der Waals surface area contributed by atoms with Gasteiger partial charge < -0.3 is 19.5 Å². The van der Waals surface area contributed by atoms with Gasteiger partial charge in [0, 0.05) is 29.0 Å². The SMILES string of the molecule is Cc1cc(C)cc(-n2c(C)cc([C@@H]3[C@@H](c4ccccn4)NC(=S)N3c3ccc(Oc4ccccc4C)cc3)c2C)c1. The number of rotatable bonds is 6. The predicted octanol–water partition coefficient (Wildman–Crippen LogP) is 8.38. The van der Waals surface area contributed by atoms with Crippen LogP contribution >= 0.6 is 12.2 Å². The number of aryl methyl sites for hydroxylation is 4. The smallest absolute Gasteiger partial charge is 0.174 e. The van der Waals surface area contributed by atoms with E-state index in [1.165, 1.54) is 33.8 Å². The predicted molar refractivity (Wildman–Crippen MR) is 170 cm³/mol. The monoisotopic (exact) mass is 558 g/mol. The second-order valence-electron chi connectivity index (χ2n) is 10.9. The van der Waals surface area contributed by atoms with Crippen molar-refractivity contribution < 1.29 is 4.74 Å². The number of para-hydroxylation sites is 1. The van der Waals surface area contributed by atoms with Crippen LogP contribution in [0.5, 0.6) is 11.5 Å². The molecule has 2 aromatic heterocycles. The molecule has 5 aromatic rings. The zero-order valence-electron chi connectivity index (χ0n) is 24.1. The van der Waals surface area contributed by atoms with Crippen molar-refractivity contribution in [2.24, 2.45) is 0 Å². The summed E-state index contributed by atoms with van der Waals surface area (Å²) >= 11 is 5.99. The topological polar surface area (TPSA) is 42.3 Å². The van der Waals surface area contributed by atoms with Gasteiger partial charge in [-0.25, -0.2) is 0 Å². The molecule has 0 spiro atoms. The van der Waals surface area contributed by atoms with Crippen molar-refractivity contribution in [1.82, 2.24) is 14.9 Å². The second-order valence-corrected chi connectivity index (χ2v) is 11.3. The van der Waals surface area contributed by atoms with E-state index in [-0.39, 0.29) is 12.1 Å². The molecular formula is C35H34N4OS. The molecule has 6 rings (SSSR count). The zero-order valence-corrected chi connectivity index (χ0v) is 24.9. The second kappa shape index (κ2) is 10.9. The van der Waals surface area contributed by atoms with E-state index < -0.39 is 0 Å². The van der Waals surface area contributed by atoms with E-state index in [2.05, 4.69) is 97.9 Å². The minimum atomic E-state index is -0.111. The van der Waals surface area contributed by atoms with Crippen LogP contribution in [0.3, 0.4) is 0 Å². The van der Waals surface area contributed by atoms with E-state index in [1.807, 2.05) is 48.7 Å². The van der Waals surface area contributed by atoms with Crippen molar-refractivity contribution in [1.29, 1.82) is 0 Å². The highest BCUT2D eigenvalue weighted by Gasteiger charge is 2.42. The van der Waals surface area contributed by atoms with Gasteiger partial charge in [-0.1, -0.05) is 30.3 Å². The number of hydrogen-bond acceptors (Lipinski definition) is 3. The van der Waals surface area contributed by atoms with Gasteiger partial charge in [-0.2, -0.15) is 0 Å². The first kappa shape index (κ1) is 26.8. The summed E-state index contributed by atoms with van der Waals surface area (Å²) in [5, 5.41) is 4.27. The van der Waals surface area contributed by atoms with Crippen LogP contribution in [0.25, 0.3) is 5.69 Å². The van der Waals surface area contributed by atoms with Crippen molar-refractivity contribution in [2.45, 2.75) is 46.7 Å². The Kier molecular flexibility index (Phi) is 7.10. The summed E-state index contributed by atoms with van der Waals surface area (Å²) in [6.45, 7) is 10.7. The first-order chi connectivity index (χ1) is 19.8. The van der Waals surface area contributed by atoms with E-state index in [4.69, 9.17) is 21.9 Å². The Hall–Kier alpha value is -4.42. The lowest BCUT2D eigenvalue weighted by molar-refractivity contribution is 0.479. The molecule has 3 heterocycles. The van der Waals surface area contributed by atoms with Gasteiger partial charge in [0.1, 0.15) is 11.5 Å². The normalized spacial score (nSPS) is 16.6. The van der Waals surface area contributed by atoms with Crippen LogP contribution in [-0.4, -0.2) is 14.7 Å². The summed E-state index contributed by atoms with van der Waals surface area (Å²) < 4.78 is 8.53. The summed E-state index contributed by atoms with van der Waals surface area (Å²) in [6, 6.07) is 31.1. The molecule has 1 aliphatic rings. The number of nitrogens with zero attached hydrogens (tertiary/aromatic N) is 3. The van der Waals surface area contributed by atoms with Gasteiger partial charge in [-0.15, -0.1) is 0 Å². The molecule has 1 saturated heterocycles. The largest absolute Gasteiger partial charge is 0.457 e. The van der Waals surface area contributed by atoms with Gasteiger partial charge in [-0.05, 0) is 130 Å². The lowest BCUT2D eigenvalue weighted by atomic mass is 9.96. The summed E-state index contributed by atoms with van der Waals surface area (Å²) in [5.41, 5.74) is 10.3. The summed E-state index contributed by atoms with van der Waals surface area (Å²) in [6.07, 6.45) is 1.84. The highest BCUT2D eigenvalue weighted by Crippen LogP contribution is 2.44. The van der Waals surface area contributed by atoms with Crippen LogP contribution < -0.4 is 15.0 Å². The number of benzene rings is 3. The maximum absolute atomic E-state index is 6.18. The molecule has 0 saturated carbocycles. The number of aromatic nitrogens is 2. The van der Waals surface area contributed by atoms with E-state index in [0.29, 0.717) is 5.11 Å². The summed E-state index contributed by atoms with van der Waals surface area (Å²) in [7, 11) is 0. The van der Waals surface area contributed by atoms with Crippen molar-refractivity contribution in [3.63, 3.8) is 0 Å². The van der Waals surface area contributed by atoms with Crippen molar-refractivity contribution in [3.05, 3.63) is 137 Å². The third-order valence-electron chi connectivity index (χ3n) is 7.79. The highest BCUT2D eigenvalue weighted by atomic mass is 32.1. The Morgan fingerprint density at radius 2 is 1.49 bits per heavy atom. The average molecular weight is 559 g/mol. The lowest BCUT2D eigenvalue weighted by Crippen LogP contribution is -2.29. The van der Waals surface area contributed by atoms with Crippen LogP contribution in [0, 0.1) is 34.6 Å². The fourth-order valence-electron chi connectivity index (χ4n) is 5.99. The molecule has 1 N–H and O–H groups in total. The molecule has 0 bridgehead atoms. The molecular weight excluding hydrogens is 524 g/mol. The van der Waals surface area contributed by atoms with Crippen molar-refractivity contribution in [2.75, 3.05) is 4.90 Å². The molecule has 5 nitrogen and oxygen atoms in total.